The number of methoxy groups -OCH3 is 1. The molecule has 1 aliphatic heterocycles. The van der Waals surface area contributed by atoms with Crippen LogP contribution in [0.5, 0.6) is 5.88 Å². The minimum atomic E-state index is -0.404. The van der Waals surface area contributed by atoms with Crippen molar-refractivity contribution in [3.8, 4) is 5.88 Å². The number of pyridine rings is 1. The Morgan fingerprint density at radius 2 is 2.07 bits per heavy atom. The van der Waals surface area contributed by atoms with Crippen molar-refractivity contribution in [2.75, 3.05) is 13.7 Å². The number of nitrogens with zero attached hydrogens (tertiary/aromatic N) is 2. The predicted molar refractivity (Wildman–Crippen MR) is 114 cm³/mol. The summed E-state index contributed by atoms with van der Waals surface area (Å²) in [6, 6.07) is 13.9. The zero-order valence-corrected chi connectivity index (χ0v) is 17.5. The fraction of sp³-hybridized carbons (Fsp3) is 0.440. The lowest BCUT2D eigenvalue weighted by Crippen LogP contribution is -2.62. The van der Waals surface area contributed by atoms with Crippen molar-refractivity contribution in [3.05, 3.63) is 71.4 Å². The Bertz CT molecular complexity index is 974. The molecule has 3 atom stereocenters. The summed E-state index contributed by atoms with van der Waals surface area (Å²) in [7, 11) is 1.65. The third kappa shape index (κ3) is 2.99. The van der Waals surface area contributed by atoms with Crippen LogP contribution in [0.1, 0.15) is 42.5 Å². The number of carbonyl (C=O) groups is 1. The van der Waals surface area contributed by atoms with Crippen LogP contribution in [0.25, 0.3) is 0 Å². The van der Waals surface area contributed by atoms with Gasteiger partial charge in [-0.1, -0.05) is 42.5 Å². The van der Waals surface area contributed by atoms with E-state index in [1.807, 2.05) is 41.3 Å². The molecule has 2 fully saturated rings. The maximum atomic E-state index is 13.4. The lowest BCUT2D eigenvalue weighted by atomic mass is 9.54. The van der Waals surface area contributed by atoms with Crippen molar-refractivity contribution in [1.29, 1.82) is 0 Å². The van der Waals surface area contributed by atoms with Gasteiger partial charge in [0.05, 0.1) is 18.3 Å². The van der Waals surface area contributed by atoms with Crippen molar-refractivity contribution in [3.63, 3.8) is 0 Å². The number of hydrogen-bond donors (Lipinski definition) is 0. The van der Waals surface area contributed by atoms with E-state index in [1.165, 1.54) is 5.57 Å². The van der Waals surface area contributed by atoms with Gasteiger partial charge < -0.3 is 9.47 Å². The summed E-state index contributed by atoms with van der Waals surface area (Å²) in [4.78, 5) is 20.2. The predicted octanol–water partition coefficient (Wildman–Crippen LogP) is 4.86. The van der Waals surface area contributed by atoms with Gasteiger partial charge in [-0.25, -0.2) is 9.78 Å². The van der Waals surface area contributed by atoms with Gasteiger partial charge >= 0.3 is 6.09 Å². The first-order valence-electron chi connectivity index (χ1n) is 10.8. The Balaban J connectivity index is 1.53. The number of benzene rings is 1. The van der Waals surface area contributed by atoms with Crippen molar-refractivity contribution in [2.24, 2.45) is 11.8 Å². The molecule has 2 heterocycles. The van der Waals surface area contributed by atoms with Crippen LogP contribution < -0.4 is 4.74 Å². The van der Waals surface area contributed by atoms with Gasteiger partial charge in [0.2, 0.25) is 5.88 Å². The van der Waals surface area contributed by atoms with E-state index in [4.69, 9.17) is 14.5 Å². The number of ether oxygens (including phenoxy) is 2. The second kappa shape index (κ2) is 7.46. The van der Waals surface area contributed by atoms with E-state index in [1.54, 1.807) is 7.11 Å². The lowest BCUT2D eigenvalue weighted by molar-refractivity contribution is -0.0556. The molecule has 30 heavy (non-hydrogen) atoms. The summed E-state index contributed by atoms with van der Waals surface area (Å²) in [5.41, 5.74) is 4.03. The number of amides is 1. The number of rotatable bonds is 3. The van der Waals surface area contributed by atoms with Crippen LogP contribution in [-0.4, -0.2) is 29.6 Å². The highest BCUT2D eigenvalue weighted by Crippen LogP contribution is 2.58. The summed E-state index contributed by atoms with van der Waals surface area (Å²) in [6.45, 7) is 5.34. The van der Waals surface area contributed by atoms with Crippen LogP contribution in [-0.2, 0) is 23.3 Å². The second-order valence-electron chi connectivity index (χ2n) is 8.81. The first kappa shape index (κ1) is 19.2. The highest BCUT2D eigenvalue weighted by Gasteiger charge is 2.58. The highest BCUT2D eigenvalue weighted by atomic mass is 16.6. The van der Waals surface area contributed by atoms with Crippen LogP contribution in [0, 0.1) is 11.8 Å². The third-order valence-corrected chi connectivity index (χ3v) is 7.14. The maximum absolute atomic E-state index is 13.4. The largest absolute Gasteiger partial charge is 0.481 e. The molecule has 1 saturated carbocycles. The number of likely N-dealkylation sites (tertiary alicyclic amines) is 1. The van der Waals surface area contributed by atoms with E-state index in [9.17, 15) is 4.79 Å². The molecule has 3 aliphatic rings. The zero-order chi connectivity index (χ0) is 20.7. The Morgan fingerprint density at radius 3 is 2.87 bits per heavy atom. The number of piperidine rings is 1. The molecule has 5 nitrogen and oxygen atoms in total. The number of fused-ring (bicyclic) bond motifs is 1. The molecule has 1 aromatic carbocycles. The molecule has 2 aliphatic carbocycles. The van der Waals surface area contributed by atoms with Crippen molar-refractivity contribution >= 4 is 6.09 Å². The zero-order valence-electron chi connectivity index (χ0n) is 17.5. The average molecular weight is 405 g/mol. The fourth-order valence-corrected chi connectivity index (χ4v) is 6.03. The van der Waals surface area contributed by atoms with E-state index in [2.05, 4.69) is 12.6 Å². The van der Waals surface area contributed by atoms with E-state index in [-0.39, 0.29) is 12.7 Å². The van der Waals surface area contributed by atoms with Crippen LogP contribution >= 0.6 is 0 Å². The average Bonchev–Trinajstić information content (AvgIpc) is 2.77. The Labute approximate surface area is 177 Å². The molecule has 0 N–H and O–H groups in total. The van der Waals surface area contributed by atoms with Crippen LogP contribution in [0.2, 0.25) is 0 Å². The number of aromatic nitrogens is 1. The molecule has 156 valence electrons. The Kier molecular flexibility index (Phi) is 4.76. The number of hydrogen-bond acceptors (Lipinski definition) is 4. The van der Waals surface area contributed by atoms with Crippen molar-refractivity contribution in [1.82, 2.24) is 9.88 Å². The summed E-state index contributed by atoms with van der Waals surface area (Å²) in [5.74, 6) is 1.52. The molecule has 1 amide bonds. The van der Waals surface area contributed by atoms with Gasteiger partial charge in [0.15, 0.2) is 0 Å². The van der Waals surface area contributed by atoms with E-state index >= 15 is 0 Å². The molecule has 2 bridgehead atoms. The van der Waals surface area contributed by atoms with Gasteiger partial charge in [0, 0.05) is 18.2 Å². The summed E-state index contributed by atoms with van der Waals surface area (Å²) in [5, 5.41) is 0. The van der Waals surface area contributed by atoms with Gasteiger partial charge in [-0.15, -0.1) is 0 Å². The first-order chi connectivity index (χ1) is 14.6. The molecule has 0 radical (unpaired) electrons. The minimum Gasteiger partial charge on any atom is -0.481 e. The van der Waals surface area contributed by atoms with E-state index < -0.39 is 5.54 Å². The Morgan fingerprint density at radius 1 is 1.23 bits per heavy atom. The molecule has 5 rings (SSSR count). The first-order valence-corrected chi connectivity index (χ1v) is 10.8. The smallest absolute Gasteiger partial charge is 0.410 e. The van der Waals surface area contributed by atoms with E-state index in [0.29, 0.717) is 24.3 Å². The van der Waals surface area contributed by atoms with Gasteiger partial charge in [0.25, 0.3) is 0 Å². The highest BCUT2D eigenvalue weighted by molar-refractivity contribution is 5.70. The molecular formula is C25H28N2O3. The second-order valence-corrected chi connectivity index (χ2v) is 8.81. The lowest BCUT2D eigenvalue weighted by Gasteiger charge is -2.59. The van der Waals surface area contributed by atoms with Gasteiger partial charge in [0.1, 0.15) is 6.61 Å². The third-order valence-electron chi connectivity index (χ3n) is 7.14. The molecule has 2 aromatic rings. The molecule has 1 saturated heterocycles. The normalized spacial score (nSPS) is 27.1. The Hall–Kier alpha value is -2.82. The molecular weight excluding hydrogens is 376 g/mol. The summed E-state index contributed by atoms with van der Waals surface area (Å²) < 4.78 is 11.2. The van der Waals surface area contributed by atoms with Crippen molar-refractivity contribution in [2.45, 2.75) is 44.2 Å². The van der Waals surface area contributed by atoms with E-state index in [0.717, 1.165) is 48.9 Å². The molecule has 0 spiro atoms. The monoisotopic (exact) mass is 404 g/mol. The summed E-state index contributed by atoms with van der Waals surface area (Å²) >= 11 is 0. The van der Waals surface area contributed by atoms with Crippen LogP contribution in [0.4, 0.5) is 4.79 Å². The van der Waals surface area contributed by atoms with Crippen LogP contribution in [0.15, 0.2) is 54.6 Å². The number of carbonyl (C=O) groups excluding carboxylic acids is 1. The van der Waals surface area contributed by atoms with Gasteiger partial charge in [-0.3, -0.25) is 4.90 Å². The minimum absolute atomic E-state index is 0.235. The summed E-state index contributed by atoms with van der Waals surface area (Å²) in [6.07, 6.45) is 4.62. The van der Waals surface area contributed by atoms with Gasteiger partial charge in [-0.05, 0) is 55.6 Å². The standard InChI is InChI=1S/C25H28N2O3/c1-17-13-19-14-22-21(10-11-23(26-22)29-2)25(15-17)20(19)9-6-12-27(25)24(28)30-16-18-7-4-3-5-8-18/h3-5,7-8,10-11,19-20H,1,6,9,12-16H2,2H3/t19-,20+,25+/m0/s1. The van der Waals surface area contributed by atoms with Crippen molar-refractivity contribution < 1.29 is 14.3 Å². The molecule has 5 heteroatoms. The molecule has 1 aromatic heterocycles. The SMILES string of the molecule is C=C1C[C@H]2Cc3nc(OC)ccc3[C@@]3(C1)[C@@H]2CCCN3C(=O)OCc1ccccc1. The van der Waals surface area contributed by atoms with Crippen LogP contribution in [0.3, 0.4) is 0 Å². The molecule has 0 unspecified atom stereocenters. The topological polar surface area (TPSA) is 51.7 Å². The van der Waals surface area contributed by atoms with Gasteiger partial charge in [-0.2, -0.15) is 0 Å². The quantitative estimate of drug-likeness (QED) is 0.686. The maximum Gasteiger partial charge on any atom is 0.410 e. The fourth-order valence-electron chi connectivity index (χ4n) is 6.03.